The highest BCUT2D eigenvalue weighted by Gasteiger charge is 2.17. The van der Waals surface area contributed by atoms with Crippen molar-refractivity contribution in [1.82, 2.24) is 5.32 Å². The molecule has 1 N–H and O–H groups in total. The maximum Gasteiger partial charge on any atom is 0.124 e. The first-order valence-electron chi connectivity index (χ1n) is 6.34. The molecule has 0 saturated carbocycles. The van der Waals surface area contributed by atoms with Crippen LogP contribution in [0.5, 0.6) is 11.5 Å². The van der Waals surface area contributed by atoms with Crippen LogP contribution in [0.4, 0.5) is 0 Å². The largest absolute Gasteiger partial charge is 0.497 e. The molecule has 1 unspecified atom stereocenters. The molecule has 0 aromatic heterocycles. The second kappa shape index (κ2) is 6.77. The second-order valence-electron chi connectivity index (χ2n) is 4.38. The molecule has 0 radical (unpaired) electrons. The number of nitrogens with one attached hydrogen (secondary N) is 1. The van der Waals surface area contributed by atoms with Gasteiger partial charge in [-0.15, -0.1) is 0 Å². The smallest absolute Gasteiger partial charge is 0.124 e. The summed E-state index contributed by atoms with van der Waals surface area (Å²) in [5, 5.41) is 3.33. The molecule has 0 saturated heterocycles. The molecule has 0 aliphatic heterocycles. The van der Waals surface area contributed by atoms with Gasteiger partial charge in [-0.2, -0.15) is 0 Å². The van der Waals surface area contributed by atoms with Gasteiger partial charge < -0.3 is 14.8 Å². The molecule has 0 aliphatic rings. The minimum absolute atomic E-state index is 0.0633. The lowest BCUT2D eigenvalue weighted by Gasteiger charge is -2.20. The summed E-state index contributed by atoms with van der Waals surface area (Å²) in [6.07, 6.45) is 0. The first-order valence-corrected chi connectivity index (χ1v) is 7.13. The summed E-state index contributed by atoms with van der Waals surface area (Å²) in [5.41, 5.74) is 2.25. The fourth-order valence-electron chi connectivity index (χ4n) is 2.23. The predicted octanol–water partition coefficient (Wildman–Crippen LogP) is 3.78. The third kappa shape index (κ3) is 3.14. The summed E-state index contributed by atoms with van der Waals surface area (Å²) in [5.74, 6) is 1.72. The molecule has 1 atom stereocenters. The number of ether oxygens (including phenoxy) is 2. The number of hydrogen-bond donors (Lipinski definition) is 1. The van der Waals surface area contributed by atoms with Gasteiger partial charge in [-0.05, 0) is 42.9 Å². The quantitative estimate of drug-likeness (QED) is 0.902. The Labute approximate surface area is 128 Å². The maximum absolute atomic E-state index is 5.46. The summed E-state index contributed by atoms with van der Waals surface area (Å²) < 4.78 is 11.7. The SMILES string of the molecule is CNC(c1ccc(OC)cc1)c1cc(Br)ccc1OC. The van der Waals surface area contributed by atoms with E-state index in [0.717, 1.165) is 27.1 Å². The Morgan fingerprint density at radius 1 is 1.00 bits per heavy atom. The molecule has 0 fully saturated rings. The maximum atomic E-state index is 5.46. The summed E-state index contributed by atoms with van der Waals surface area (Å²) in [6, 6.07) is 14.1. The van der Waals surface area contributed by atoms with Crippen LogP contribution in [0.2, 0.25) is 0 Å². The van der Waals surface area contributed by atoms with Crippen LogP contribution in [0.1, 0.15) is 17.2 Å². The van der Waals surface area contributed by atoms with Gasteiger partial charge in [-0.25, -0.2) is 0 Å². The molecule has 20 heavy (non-hydrogen) atoms. The number of halogens is 1. The van der Waals surface area contributed by atoms with Crippen LogP contribution in [0.25, 0.3) is 0 Å². The zero-order valence-electron chi connectivity index (χ0n) is 11.8. The van der Waals surface area contributed by atoms with E-state index < -0.39 is 0 Å². The van der Waals surface area contributed by atoms with Crippen LogP contribution >= 0.6 is 15.9 Å². The first kappa shape index (κ1) is 14.9. The Bertz CT molecular complexity index is 569. The minimum Gasteiger partial charge on any atom is -0.497 e. The molecule has 0 amide bonds. The van der Waals surface area contributed by atoms with Gasteiger partial charge in [0.05, 0.1) is 20.3 Å². The Morgan fingerprint density at radius 2 is 1.70 bits per heavy atom. The normalized spacial score (nSPS) is 12.0. The lowest BCUT2D eigenvalue weighted by atomic mass is 9.98. The molecule has 0 aliphatic carbocycles. The molecule has 0 bridgehead atoms. The van der Waals surface area contributed by atoms with E-state index in [0.29, 0.717) is 0 Å². The van der Waals surface area contributed by atoms with E-state index in [2.05, 4.69) is 39.4 Å². The number of benzene rings is 2. The molecule has 2 rings (SSSR count). The molecule has 106 valence electrons. The van der Waals surface area contributed by atoms with Crippen LogP contribution < -0.4 is 14.8 Å². The van der Waals surface area contributed by atoms with E-state index in [4.69, 9.17) is 9.47 Å². The van der Waals surface area contributed by atoms with Crippen molar-refractivity contribution < 1.29 is 9.47 Å². The summed E-state index contributed by atoms with van der Waals surface area (Å²) in [6.45, 7) is 0. The lowest BCUT2D eigenvalue weighted by Crippen LogP contribution is -2.18. The van der Waals surface area contributed by atoms with Gasteiger partial charge >= 0.3 is 0 Å². The van der Waals surface area contributed by atoms with Crippen LogP contribution in [0.3, 0.4) is 0 Å². The lowest BCUT2D eigenvalue weighted by molar-refractivity contribution is 0.405. The predicted molar refractivity (Wildman–Crippen MR) is 84.6 cm³/mol. The van der Waals surface area contributed by atoms with Crippen molar-refractivity contribution in [3.63, 3.8) is 0 Å². The standard InChI is InChI=1S/C16H18BrNO2/c1-18-16(11-4-7-13(19-2)8-5-11)14-10-12(17)6-9-15(14)20-3/h4-10,16,18H,1-3H3. The molecule has 0 heterocycles. The third-order valence-electron chi connectivity index (χ3n) is 3.24. The molecule has 3 nitrogen and oxygen atoms in total. The Balaban J connectivity index is 2.43. The fraction of sp³-hybridized carbons (Fsp3) is 0.250. The van der Waals surface area contributed by atoms with Crippen molar-refractivity contribution in [3.05, 3.63) is 58.1 Å². The Hall–Kier alpha value is -1.52. The van der Waals surface area contributed by atoms with Gasteiger partial charge in [0.25, 0.3) is 0 Å². The van der Waals surface area contributed by atoms with Crippen molar-refractivity contribution in [2.24, 2.45) is 0 Å². The van der Waals surface area contributed by atoms with Crippen LogP contribution in [0, 0.1) is 0 Å². The number of methoxy groups -OCH3 is 2. The van der Waals surface area contributed by atoms with Gasteiger partial charge in [0.15, 0.2) is 0 Å². The summed E-state index contributed by atoms with van der Waals surface area (Å²) >= 11 is 3.52. The second-order valence-corrected chi connectivity index (χ2v) is 5.30. The van der Waals surface area contributed by atoms with Crippen molar-refractivity contribution in [2.75, 3.05) is 21.3 Å². The van der Waals surface area contributed by atoms with Gasteiger partial charge in [0.1, 0.15) is 11.5 Å². The Kier molecular flexibility index (Phi) is 5.04. The molecule has 2 aromatic carbocycles. The summed E-state index contributed by atoms with van der Waals surface area (Å²) in [4.78, 5) is 0. The van der Waals surface area contributed by atoms with Crippen LogP contribution in [-0.4, -0.2) is 21.3 Å². The molecular weight excluding hydrogens is 318 g/mol. The van der Waals surface area contributed by atoms with Crippen molar-refractivity contribution in [2.45, 2.75) is 6.04 Å². The van der Waals surface area contributed by atoms with Crippen LogP contribution in [-0.2, 0) is 0 Å². The summed E-state index contributed by atoms with van der Waals surface area (Å²) in [7, 11) is 5.30. The fourth-order valence-corrected chi connectivity index (χ4v) is 2.61. The highest BCUT2D eigenvalue weighted by atomic mass is 79.9. The van der Waals surface area contributed by atoms with E-state index in [1.807, 2.05) is 31.3 Å². The van der Waals surface area contributed by atoms with E-state index >= 15 is 0 Å². The molecular formula is C16H18BrNO2. The van der Waals surface area contributed by atoms with Gasteiger partial charge in [-0.3, -0.25) is 0 Å². The molecule has 2 aromatic rings. The highest BCUT2D eigenvalue weighted by Crippen LogP contribution is 2.32. The monoisotopic (exact) mass is 335 g/mol. The van der Waals surface area contributed by atoms with Crippen molar-refractivity contribution in [3.8, 4) is 11.5 Å². The molecule has 0 spiro atoms. The zero-order valence-corrected chi connectivity index (χ0v) is 13.4. The van der Waals surface area contributed by atoms with Crippen LogP contribution in [0.15, 0.2) is 46.9 Å². The van der Waals surface area contributed by atoms with E-state index in [1.54, 1.807) is 14.2 Å². The van der Waals surface area contributed by atoms with Gasteiger partial charge in [-0.1, -0.05) is 28.1 Å². The van der Waals surface area contributed by atoms with E-state index in [-0.39, 0.29) is 6.04 Å². The van der Waals surface area contributed by atoms with Gasteiger partial charge in [0.2, 0.25) is 0 Å². The van der Waals surface area contributed by atoms with Crippen molar-refractivity contribution in [1.29, 1.82) is 0 Å². The topological polar surface area (TPSA) is 30.5 Å². The Morgan fingerprint density at radius 3 is 2.25 bits per heavy atom. The third-order valence-corrected chi connectivity index (χ3v) is 3.73. The van der Waals surface area contributed by atoms with E-state index in [1.165, 1.54) is 0 Å². The first-order chi connectivity index (χ1) is 9.69. The van der Waals surface area contributed by atoms with E-state index in [9.17, 15) is 0 Å². The average Bonchev–Trinajstić information content (AvgIpc) is 2.49. The average molecular weight is 336 g/mol. The highest BCUT2D eigenvalue weighted by molar-refractivity contribution is 9.10. The molecule has 4 heteroatoms. The zero-order chi connectivity index (χ0) is 14.5. The van der Waals surface area contributed by atoms with Crippen molar-refractivity contribution >= 4 is 15.9 Å². The number of hydrogen-bond acceptors (Lipinski definition) is 3. The number of rotatable bonds is 5. The minimum atomic E-state index is 0.0633. The van der Waals surface area contributed by atoms with Gasteiger partial charge in [0, 0.05) is 10.0 Å².